The van der Waals surface area contributed by atoms with Crippen LogP contribution in [0, 0.1) is 5.92 Å². The first-order valence-corrected chi connectivity index (χ1v) is 8.96. The highest BCUT2D eigenvalue weighted by Gasteiger charge is 2.39. The molecule has 136 valence electrons. The molecular formula is C21H19N3O3. The van der Waals surface area contributed by atoms with E-state index >= 15 is 0 Å². The van der Waals surface area contributed by atoms with E-state index in [4.69, 9.17) is 0 Å². The third kappa shape index (κ3) is 2.73. The predicted molar refractivity (Wildman–Crippen MR) is 102 cm³/mol. The smallest absolute Gasteiger partial charge is 0.282 e. The molecule has 0 fully saturated rings. The van der Waals surface area contributed by atoms with Gasteiger partial charge in [0.1, 0.15) is 0 Å². The van der Waals surface area contributed by atoms with Gasteiger partial charge in [0.2, 0.25) is 0 Å². The molecule has 2 aliphatic heterocycles. The van der Waals surface area contributed by atoms with E-state index in [2.05, 4.69) is 18.9 Å². The molecule has 0 aromatic heterocycles. The van der Waals surface area contributed by atoms with Crippen LogP contribution in [-0.4, -0.2) is 35.0 Å². The Hall–Kier alpha value is -3.28. The van der Waals surface area contributed by atoms with Crippen molar-refractivity contribution in [3.05, 3.63) is 65.2 Å². The molecule has 0 bridgehead atoms. The molecule has 27 heavy (non-hydrogen) atoms. The average molecular weight is 361 g/mol. The highest BCUT2D eigenvalue weighted by atomic mass is 16.2. The van der Waals surface area contributed by atoms with Gasteiger partial charge in [-0.1, -0.05) is 44.2 Å². The molecule has 6 heteroatoms. The van der Waals surface area contributed by atoms with Crippen LogP contribution in [0.15, 0.2) is 53.6 Å². The minimum Gasteiger partial charge on any atom is -0.306 e. The van der Waals surface area contributed by atoms with Crippen LogP contribution in [0.3, 0.4) is 0 Å². The molecule has 0 radical (unpaired) electrons. The maximum absolute atomic E-state index is 13.0. The van der Waals surface area contributed by atoms with Crippen molar-refractivity contribution in [2.75, 3.05) is 11.4 Å². The van der Waals surface area contributed by atoms with Gasteiger partial charge in [0.25, 0.3) is 17.7 Å². The van der Waals surface area contributed by atoms with Gasteiger partial charge in [-0.3, -0.25) is 14.4 Å². The minimum absolute atomic E-state index is 0.129. The number of imide groups is 1. The largest absolute Gasteiger partial charge is 0.306 e. The number of anilines is 1. The summed E-state index contributed by atoms with van der Waals surface area (Å²) in [5, 5.41) is 5.02. The maximum atomic E-state index is 13.0. The Morgan fingerprint density at radius 2 is 1.37 bits per heavy atom. The first-order chi connectivity index (χ1) is 13.0. The molecular weight excluding hydrogens is 342 g/mol. The second kappa shape index (κ2) is 6.46. The van der Waals surface area contributed by atoms with E-state index in [0.717, 1.165) is 17.1 Å². The van der Waals surface area contributed by atoms with E-state index in [1.54, 1.807) is 35.2 Å². The number of para-hydroxylation sites is 1. The molecule has 0 saturated carbocycles. The number of benzene rings is 2. The highest BCUT2D eigenvalue weighted by Crippen LogP contribution is 2.31. The summed E-state index contributed by atoms with van der Waals surface area (Å²) in [5.41, 5.74) is 2.15. The van der Waals surface area contributed by atoms with E-state index in [1.165, 1.54) is 0 Å². The fourth-order valence-corrected chi connectivity index (χ4v) is 3.33. The van der Waals surface area contributed by atoms with E-state index < -0.39 is 11.8 Å². The topological polar surface area (TPSA) is 70.1 Å². The van der Waals surface area contributed by atoms with Gasteiger partial charge in [0, 0.05) is 12.1 Å². The highest BCUT2D eigenvalue weighted by molar-refractivity contribution is 6.54. The number of carbonyl (C=O) groups is 3. The van der Waals surface area contributed by atoms with Crippen molar-refractivity contribution in [3.8, 4) is 0 Å². The molecule has 0 aliphatic carbocycles. The van der Waals surface area contributed by atoms with E-state index in [1.807, 2.05) is 18.2 Å². The van der Waals surface area contributed by atoms with Crippen LogP contribution in [0.5, 0.6) is 0 Å². The quantitative estimate of drug-likeness (QED) is 0.786. The fourth-order valence-electron chi connectivity index (χ4n) is 3.33. The molecule has 4 rings (SSSR count). The lowest BCUT2D eigenvalue weighted by Gasteiger charge is -2.17. The van der Waals surface area contributed by atoms with E-state index in [0.29, 0.717) is 29.2 Å². The molecule has 0 unspecified atom stereocenters. The van der Waals surface area contributed by atoms with Crippen LogP contribution < -0.4 is 4.90 Å². The monoisotopic (exact) mass is 361 g/mol. The van der Waals surface area contributed by atoms with Crippen molar-refractivity contribution >= 4 is 29.1 Å². The Morgan fingerprint density at radius 1 is 0.815 bits per heavy atom. The standard InChI is InChI=1S/C21H19N3O3/c1-13(2)11-12-23-17-10-6-5-9-16(17)18(21(23)27)22-24-19(25)14-7-3-4-8-15(14)20(24)26/h3-10,13H,11-12H2,1-2H3. The molecule has 6 nitrogen and oxygen atoms in total. The molecule has 2 aromatic rings. The lowest BCUT2D eigenvalue weighted by atomic mass is 10.1. The van der Waals surface area contributed by atoms with Gasteiger partial charge in [0.05, 0.1) is 16.8 Å². The van der Waals surface area contributed by atoms with Crippen LogP contribution in [-0.2, 0) is 4.79 Å². The van der Waals surface area contributed by atoms with Crippen LogP contribution in [0.1, 0.15) is 46.5 Å². The number of rotatable bonds is 4. The number of hydrogen-bond acceptors (Lipinski definition) is 4. The Labute approximate surface area is 157 Å². The third-order valence-corrected chi connectivity index (χ3v) is 4.80. The third-order valence-electron chi connectivity index (χ3n) is 4.80. The molecule has 0 saturated heterocycles. The summed E-state index contributed by atoms with van der Waals surface area (Å²) in [6.45, 7) is 4.76. The number of hydrazone groups is 1. The van der Waals surface area contributed by atoms with Crippen molar-refractivity contribution in [2.24, 2.45) is 11.0 Å². The zero-order chi connectivity index (χ0) is 19.1. The van der Waals surface area contributed by atoms with Crippen molar-refractivity contribution in [2.45, 2.75) is 20.3 Å². The van der Waals surface area contributed by atoms with Crippen molar-refractivity contribution in [1.29, 1.82) is 0 Å². The number of fused-ring (bicyclic) bond motifs is 2. The predicted octanol–water partition coefficient (Wildman–Crippen LogP) is 3.08. The summed E-state index contributed by atoms with van der Waals surface area (Å²) in [6, 6.07) is 13.9. The minimum atomic E-state index is -0.506. The second-order valence-electron chi connectivity index (χ2n) is 7.07. The molecule has 0 atom stereocenters. The number of amides is 3. The average Bonchev–Trinajstić information content (AvgIpc) is 3.07. The Balaban J connectivity index is 1.73. The van der Waals surface area contributed by atoms with Crippen LogP contribution in [0.2, 0.25) is 0 Å². The summed E-state index contributed by atoms with van der Waals surface area (Å²) in [7, 11) is 0. The maximum Gasteiger partial charge on any atom is 0.282 e. The van der Waals surface area contributed by atoms with Gasteiger partial charge < -0.3 is 4.90 Å². The zero-order valence-electron chi connectivity index (χ0n) is 15.2. The van der Waals surface area contributed by atoms with Crippen molar-refractivity contribution in [3.63, 3.8) is 0 Å². The Bertz CT molecular complexity index is 959. The summed E-state index contributed by atoms with van der Waals surface area (Å²) in [6.07, 6.45) is 0.848. The van der Waals surface area contributed by atoms with Gasteiger partial charge >= 0.3 is 0 Å². The summed E-state index contributed by atoms with van der Waals surface area (Å²) in [5.74, 6) is -0.849. The van der Waals surface area contributed by atoms with Crippen LogP contribution in [0.4, 0.5) is 5.69 Å². The van der Waals surface area contributed by atoms with Gasteiger partial charge in [-0.05, 0) is 30.5 Å². The first kappa shape index (κ1) is 17.1. The SMILES string of the molecule is CC(C)CCN1C(=O)C(=NN2C(=O)c3ccccc3C2=O)c2ccccc21. The Morgan fingerprint density at radius 3 is 1.96 bits per heavy atom. The number of hydrogen-bond donors (Lipinski definition) is 0. The zero-order valence-corrected chi connectivity index (χ0v) is 15.2. The van der Waals surface area contributed by atoms with Crippen molar-refractivity contribution < 1.29 is 14.4 Å². The fraction of sp³-hybridized carbons (Fsp3) is 0.238. The lowest BCUT2D eigenvalue weighted by molar-refractivity contribution is -0.112. The van der Waals surface area contributed by atoms with Crippen LogP contribution >= 0.6 is 0 Å². The van der Waals surface area contributed by atoms with Crippen LogP contribution in [0.25, 0.3) is 0 Å². The van der Waals surface area contributed by atoms with E-state index in [-0.39, 0.29) is 11.6 Å². The number of nitrogens with zero attached hydrogens (tertiary/aromatic N) is 3. The van der Waals surface area contributed by atoms with Gasteiger partial charge in [-0.2, -0.15) is 10.1 Å². The van der Waals surface area contributed by atoms with Gasteiger partial charge in [-0.15, -0.1) is 0 Å². The normalized spacial score (nSPS) is 17.3. The molecule has 0 spiro atoms. The van der Waals surface area contributed by atoms with Crippen molar-refractivity contribution in [1.82, 2.24) is 5.01 Å². The number of carbonyl (C=O) groups excluding carboxylic acids is 3. The second-order valence-corrected chi connectivity index (χ2v) is 7.07. The Kier molecular flexibility index (Phi) is 4.11. The molecule has 2 aliphatic rings. The van der Waals surface area contributed by atoms with Gasteiger partial charge in [-0.25, -0.2) is 0 Å². The molecule has 2 heterocycles. The molecule has 0 N–H and O–H groups in total. The lowest BCUT2D eigenvalue weighted by Crippen LogP contribution is -2.34. The molecule has 3 amide bonds. The first-order valence-electron chi connectivity index (χ1n) is 8.96. The summed E-state index contributed by atoms with van der Waals surface area (Å²) < 4.78 is 0. The summed E-state index contributed by atoms with van der Waals surface area (Å²) >= 11 is 0. The molecule has 2 aromatic carbocycles. The summed E-state index contributed by atoms with van der Waals surface area (Å²) in [4.78, 5) is 39.8. The van der Waals surface area contributed by atoms with E-state index in [9.17, 15) is 14.4 Å². The van der Waals surface area contributed by atoms with Gasteiger partial charge in [0.15, 0.2) is 5.71 Å².